The van der Waals surface area contributed by atoms with E-state index >= 15 is 0 Å². The van der Waals surface area contributed by atoms with Gasteiger partial charge in [-0.25, -0.2) is 10.4 Å². The van der Waals surface area contributed by atoms with Crippen LogP contribution in [0.4, 0.5) is 5.69 Å². The Morgan fingerprint density at radius 2 is 1.79 bits per heavy atom. The summed E-state index contributed by atoms with van der Waals surface area (Å²) in [4.78, 5) is 34.2. The minimum Gasteiger partial charge on any atom is -0.466 e. The van der Waals surface area contributed by atoms with Crippen molar-refractivity contribution in [2.24, 2.45) is 0 Å². The van der Waals surface area contributed by atoms with Crippen LogP contribution in [0, 0.1) is 0 Å². The lowest BCUT2D eigenvalue weighted by Crippen LogP contribution is -2.50. The second kappa shape index (κ2) is 10.4. The van der Waals surface area contributed by atoms with Crippen molar-refractivity contribution < 1.29 is 23.9 Å². The molecular weight excluding hydrogens is 312 g/mol. The molecule has 1 aromatic rings. The van der Waals surface area contributed by atoms with Crippen LogP contribution in [-0.4, -0.2) is 37.1 Å². The predicted octanol–water partition coefficient (Wildman–Crippen LogP) is 1.82. The molecule has 1 N–H and O–H groups in total. The third kappa shape index (κ3) is 7.23. The van der Waals surface area contributed by atoms with Crippen molar-refractivity contribution in [2.45, 2.75) is 39.7 Å². The minimum atomic E-state index is -0.384. The highest BCUT2D eigenvalue weighted by atomic mass is 16.5. The maximum absolute atomic E-state index is 11.9. The summed E-state index contributed by atoms with van der Waals surface area (Å²) in [6, 6.07) is 8.69. The van der Waals surface area contributed by atoms with Crippen LogP contribution in [0.2, 0.25) is 0 Å². The van der Waals surface area contributed by atoms with Gasteiger partial charge in [0.25, 0.3) is 0 Å². The number of benzene rings is 1. The second-order valence-corrected chi connectivity index (χ2v) is 5.18. The normalized spacial score (nSPS) is 11.5. The zero-order chi connectivity index (χ0) is 17.9. The lowest BCUT2D eigenvalue weighted by atomic mass is 10.2. The smallest absolute Gasteiger partial charge is 0.305 e. The Morgan fingerprint density at radius 3 is 2.33 bits per heavy atom. The number of para-hydroxylation sites is 1. The molecule has 1 rings (SSSR count). The van der Waals surface area contributed by atoms with Crippen LogP contribution < -0.4 is 10.4 Å². The first-order valence-electron chi connectivity index (χ1n) is 7.85. The largest absolute Gasteiger partial charge is 0.466 e. The Morgan fingerprint density at radius 1 is 1.12 bits per heavy atom. The first-order chi connectivity index (χ1) is 11.4. The average Bonchev–Trinajstić information content (AvgIpc) is 2.56. The lowest BCUT2D eigenvalue weighted by Gasteiger charge is -2.28. The summed E-state index contributed by atoms with van der Waals surface area (Å²) in [5, 5.41) is 1.39. The zero-order valence-corrected chi connectivity index (χ0v) is 14.3. The fourth-order valence-electron chi connectivity index (χ4n) is 1.93. The van der Waals surface area contributed by atoms with Gasteiger partial charge in [-0.2, -0.15) is 0 Å². The Kier molecular flexibility index (Phi) is 8.49. The number of hydrogen-bond donors (Lipinski definition) is 1. The Labute approximate surface area is 141 Å². The molecular formula is C17H24N2O5. The van der Waals surface area contributed by atoms with E-state index in [1.54, 1.807) is 19.1 Å². The number of nitrogens with zero attached hydrogens (tertiary/aromatic N) is 1. The molecule has 132 valence electrons. The van der Waals surface area contributed by atoms with Crippen molar-refractivity contribution in [3.63, 3.8) is 0 Å². The molecule has 0 saturated heterocycles. The number of nitrogens with one attached hydrogen (secondary N) is 1. The van der Waals surface area contributed by atoms with Crippen LogP contribution in [0.5, 0.6) is 0 Å². The van der Waals surface area contributed by atoms with Gasteiger partial charge in [-0.05, 0) is 12.1 Å². The fraction of sp³-hybridized carbons (Fsp3) is 0.471. The van der Waals surface area contributed by atoms with Crippen molar-refractivity contribution >= 4 is 23.5 Å². The molecule has 0 aromatic heterocycles. The number of esters is 2. The molecule has 0 bridgehead atoms. The molecule has 1 unspecified atom stereocenters. The van der Waals surface area contributed by atoms with Gasteiger partial charge in [0, 0.05) is 26.7 Å². The summed E-state index contributed by atoms with van der Waals surface area (Å²) in [7, 11) is 0. The van der Waals surface area contributed by atoms with E-state index in [2.05, 4.69) is 5.43 Å². The highest BCUT2D eigenvalue weighted by molar-refractivity contribution is 5.90. The maximum atomic E-state index is 11.9. The van der Waals surface area contributed by atoms with Crippen LogP contribution in [-0.2, 0) is 23.9 Å². The number of amides is 1. The summed E-state index contributed by atoms with van der Waals surface area (Å²) in [6.45, 7) is 4.70. The monoisotopic (exact) mass is 336 g/mol. The van der Waals surface area contributed by atoms with Crippen LogP contribution >= 0.6 is 0 Å². The lowest BCUT2D eigenvalue weighted by molar-refractivity contribution is -0.145. The van der Waals surface area contributed by atoms with E-state index in [0.29, 0.717) is 12.1 Å². The Balaban J connectivity index is 2.76. The van der Waals surface area contributed by atoms with E-state index in [9.17, 15) is 14.4 Å². The van der Waals surface area contributed by atoms with Gasteiger partial charge in [-0.1, -0.05) is 25.1 Å². The molecule has 1 aromatic carbocycles. The molecule has 1 atom stereocenters. The zero-order valence-electron chi connectivity index (χ0n) is 14.3. The molecule has 7 nitrogen and oxygen atoms in total. The molecule has 0 radical (unpaired) electrons. The number of carbonyl (C=O) groups is 3. The van der Waals surface area contributed by atoms with Gasteiger partial charge in [0.15, 0.2) is 0 Å². The molecule has 24 heavy (non-hydrogen) atoms. The van der Waals surface area contributed by atoms with Gasteiger partial charge in [-0.3, -0.25) is 14.4 Å². The van der Waals surface area contributed by atoms with Gasteiger partial charge in [0.05, 0.1) is 18.3 Å². The van der Waals surface area contributed by atoms with Crippen LogP contribution in [0.15, 0.2) is 30.3 Å². The van der Waals surface area contributed by atoms with Crippen LogP contribution in [0.25, 0.3) is 0 Å². The quantitative estimate of drug-likeness (QED) is 0.547. The average molecular weight is 336 g/mol. The first-order valence-corrected chi connectivity index (χ1v) is 7.85. The van der Waals surface area contributed by atoms with Crippen molar-refractivity contribution in [2.75, 3.05) is 18.2 Å². The number of anilines is 1. The minimum absolute atomic E-state index is 0.0740. The number of hydrogen-bond acceptors (Lipinski definition) is 6. The van der Waals surface area contributed by atoms with Gasteiger partial charge in [0.2, 0.25) is 5.91 Å². The number of carbonyl (C=O) groups excluding carboxylic acids is 3. The molecule has 0 aliphatic carbocycles. The van der Waals surface area contributed by atoms with Gasteiger partial charge >= 0.3 is 11.9 Å². The van der Waals surface area contributed by atoms with Crippen molar-refractivity contribution in [1.82, 2.24) is 5.43 Å². The number of rotatable bonds is 9. The molecule has 0 heterocycles. The van der Waals surface area contributed by atoms with E-state index in [0.717, 1.165) is 0 Å². The maximum Gasteiger partial charge on any atom is 0.305 e. The molecule has 7 heteroatoms. The molecule has 0 spiro atoms. The van der Waals surface area contributed by atoms with Crippen molar-refractivity contribution in [1.29, 1.82) is 0 Å². The summed E-state index contributed by atoms with van der Waals surface area (Å²) < 4.78 is 10.1. The SMILES string of the molecule is CCC(=O)OCC(CCOC(C)=O)NN(C(C)=O)c1ccccc1. The molecule has 0 fully saturated rings. The highest BCUT2D eigenvalue weighted by Crippen LogP contribution is 2.12. The van der Waals surface area contributed by atoms with Gasteiger partial charge < -0.3 is 9.47 Å². The van der Waals surface area contributed by atoms with Gasteiger partial charge in [-0.15, -0.1) is 0 Å². The topological polar surface area (TPSA) is 84.9 Å². The predicted molar refractivity (Wildman–Crippen MR) is 89.0 cm³/mol. The van der Waals surface area contributed by atoms with E-state index in [1.165, 1.54) is 18.9 Å². The van der Waals surface area contributed by atoms with E-state index in [-0.39, 0.29) is 43.5 Å². The summed E-state index contributed by atoms with van der Waals surface area (Å²) in [6.07, 6.45) is 0.666. The summed E-state index contributed by atoms with van der Waals surface area (Å²) in [5.41, 5.74) is 3.71. The molecule has 0 aliphatic heterocycles. The third-order valence-corrected chi connectivity index (χ3v) is 3.15. The Hall–Kier alpha value is -2.41. The van der Waals surface area contributed by atoms with Crippen LogP contribution in [0.3, 0.4) is 0 Å². The number of hydrazine groups is 1. The van der Waals surface area contributed by atoms with E-state index in [4.69, 9.17) is 9.47 Å². The molecule has 0 saturated carbocycles. The molecule has 1 amide bonds. The van der Waals surface area contributed by atoms with Crippen molar-refractivity contribution in [3.05, 3.63) is 30.3 Å². The van der Waals surface area contributed by atoms with Gasteiger partial charge in [0.1, 0.15) is 6.61 Å². The Bertz CT molecular complexity index is 547. The highest BCUT2D eigenvalue weighted by Gasteiger charge is 2.19. The summed E-state index contributed by atoms with van der Waals surface area (Å²) in [5.74, 6) is -0.922. The standard InChI is InChI=1S/C17H24N2O5/c1-4-17(22)24-12-15(10-11-23-14(3)21)18-19(13(2)20)16-8-6-5-7-9-16/h5-9,15,18H,4,10-12H2,1-3H3. The third-order valence-electron chi connectivity index (χ3n) is 3.15. The van der Waals surface area contributed by atoms with Crippen LogP contribution in [0.1, 0.15) is 33.6 Å². The van der Waals surface area contributed by atoms with E-state index in [1.807, 2.05) is 18.2 Å². The molecule has 0 aliphatic rings. The first kappa shape index (κ1) is 19.6. The fourth-order valence-corrected chi connectivity index (χ4v) is 1.93. The van der Waals surface area contributed by atoms with E-state index < -0.39 is 0 Å². The second-order valence-electron chi connectivity index (χ2n) is 5.18. The van der Waals surface area contributed by atoms with Crippen molar-refractivity contribution in [3.8, 4) is 0 Å². The summed E-state index contributed by atoms with van der Waals surface area (Å²) >= 11 is 0. The number of ether oxygens (including phenoxy) is 2.